The van der Waals surface area contributed by atoms with Crippen LogP contribution in [-0.4, -0.2) is 38.4 Å². The maximum Gasteiger partial charge on any atom is 0.254 e. The second kappa shape index (κ2) is 8.39. The smallest absolute Gasteiger partial charge is 0.254 e. The lowest BCUT2D eigenvalue weighted by atomic mass is 10.1. The third kappa shape index (κ3) is 4.21. The van der Waals surface area contributed by atoms with E-state index in [1.165, 1.54) is 6.20 Å². The van der Waals surface area contributed by atoms with Gasteiger partial charge in [0.05, 0.1) is 16.2 Å². The van der Waals surface area contributed by atoms with E-state index in [1.54, 1.807) is 28.6 Å². The number of aryl methyl sites for hydroxylation is 2. The van der Waals surface area contributed by atoms with E-state index in [2.05, 4.69) is 10.1 Å². The summed E-state index contributed by atoms with van der Waals surface area (Å²) in [5.74, 6) is -0.603. The Morgan fingerprint density at radius 1 is 1.24 bits per heavy atom. The Hall–Kier alpha value is -2.64. The van der Waals surface area contributed by atoms with Crippen molar-refractivity contribution in [2.75, 3.05) is 7.05 Å². The minimum Gasteiger partial charge on any atom is -0.365 e. The van der Waals surface area contributed by atoms with E-state index in [4.69, 9.17) is 28.9 Å². The summed E-state index contributed by atoms with van der Waals surface area (Å²) in [6, 6.07) is 5.36. The van der Waals surface area contributed by atoms with Gasteiger partial charge in [0.2, 0.25) is 5.91 Å². The van der Waals surface area contributed by atoms with E-state index < -0.39 is 5.91 Å². The Bertz CT molecular complexity index is 1110. The van der Waals surface area contributed by atoms with Crippen molar-refractivity contribution < 1.29 is 9.59 Å². The SMILES string of the molecule is Cc1nc2c(C(N)=O)cnn2c(C)c1CCC(=O)N(C)Cc1cccc(Cl)c1Cl. The van der Waals surface area contributed by atoms with Gasteiger partial charge in [-0.3, -0.25) is 9.59 Å². The zero-order valence-electron chi connectivity index (χ0n) is 16.4. The third-order valence-electron chi connectivity index (χ3n) is 4.93. The zero-order chi connectivity index (χ0) is 21.3. The van der Waals surface area contributed by atoms with Gasteiger partial charge in [-0.15, -0.1) is 0 Å². The third-order valence-corrected chi connectivity index (χ3v) is 5.79. The highest BCUT2D eigenvalue weighted by molar-refractivity contribution is 6.42. The van der Waals surface area contributed by atoms with Crippen molar-refractivity contribution in [3.63, 3.8) is 0 Å². The van der Waals surface area contributed by atoms with Gasteiger partial charge in [0, 0.05) is 31.4 Å². The highest BCUT2D eigenvalue weighted by atomic mass is 35.5. The molecule has 0 spiro atoms. The number of amides is 2. The Kier molecular flexibility index (Phi) is 6.10. The van der Waals surface area contributed by atoms with Gasteiger partial charge in [-0.25, -0.2) is 9.50 Å². The molecule has 0 radical (unpaired) electrons. The average molecular weight is 434 g/mol. The number of nitrogens with two attached hydrogens (primary N) is 1. The average Bonchev–Trinajstić information content (AvgIpc) is 3.09. The minimum absolute atomic E-state index is 0.0294. The summed E-state index contributed by atoms with van der Waals surface area (Å²) in [6.45, 7) is 4.10. The Morgan fingerprint density at radius 3 is 2.66 bits per heavy atom. The quantitative estimate of drug-likeness (QED) is 0.644. The fourth-order valence-electron chi connectivity index (χ4n) is 3.28. The highest BCUT2D eigenvalue weighted by Gasteiger charge is 2.18. The molecule has 7 nitrogen and oxygen atoms in total. The van der Waals surface area contributed by atoms with Crippen molar-refractivity contribution >= 4 is 40.7 Å². The van der Waals surface area contributed by atoms with Crippen LogP contribution >= 0.6 is 23.2 Å². The van der Waals surface area contributed by atoms with Gasteiger partial charge in [-0.2, -0.15) is 5.10 Å². The summed E-state index contributed by atoms with van der Waals surface area (Å²) in [5.41, 5.74) is 9.36. The Balaban J connectivity index is 1.75. The van der Waals surface area contributed by atoms with Crippen LogP contribution in [0.3, 0.4) is 0 Å². The van der Waals surface area contributed by atoms with Crippen LogP contribution in [0.2, 0.25) is 10.0 Å². The molecule has 0 atom stereocenters. The van der Waals surface area contributed by atoms with E-state index in [0.29, 0.717) is 35.1 Å². The summed E-state index contributed by atoms with van der Waals surface area (Å²) in [4.78, 5) is 30.3. The molecule has 0 fully saturated rings. The van der Waals surface area contributed by atoms with Crippen LogP contribution in [0.4, 0.5) is 0 Å². The first-order chi connectivity index (χ1) is 13.7. The topological polar surface area (TPSA) is 93.6 Å². The van der Waals surface area contributed by atoms with Gasteiger partial charge >= 0.3 is 0 Å². The number of carbonyl (C=O) groups excluding carboxylic acids is 2. The van der Waals surface area contributed by atoms with Crippen molar-refractivity contribution in [1.82, 2.24) is 19.5 Å². The second-order valence-electron chi connectivity index (χ2n) is 6.88. The Morgan fingerprint density at radius 2 is 1.97 bits per heavy atom. The molecular weight excluding hydrogens is 413 g/mol. The lowest BCUT2D eigenvalue weighted by Crippen LogP contribution is -2.26. The largest absolute Gasteiger partial charge is 0.365 e. The first kappa shape index (κ1) is 21.1. The standard InChI is InChI=1S/C20H21Cl2N5O2/c1-11-14(12(2)27-20(25-11)15(9-24-27)19(23)29)7-8-17(28)26(3)10-13-5-4-6-16(21)18(13)22/h4-6,9H,7-8,10H2,1-3H3,(H2,23,29). The molecule has 0 saturated carbocycles. The molecule has 2 N–H and O–H groups in total. The molecule has 0 aliphatic carbocycles. The summed E-state index contributed by atoms with van der Waals surface area (Å²) in [5, 5.41) is 5.13. The molecule has 2 heterocycles. The van der Waals surface area contributed by atoms with Crippen LogP contribution in [0, 0.1) is 13.8 Å². The van der Waals surface area contributed by atoms with E-state index in [1.807, 2.05) is 19.9 Å². The molecule has 2 amide bonds. The van der Waals surface area contributed by atoms with Crippen LogP contribution in [0.5, 0.6) is 0 Å². The number of hydrogen-bond acceptors (Lipinski definition) is 4. The van der Waals surface area contributed by atoms with Crippen molar-refractivity contribution in [2.45, 2.75) is 33.2 Å². The van der Waals surface area contributed by atoms with Gasteiger partial charge in [-0.1, -0.05) is 35.3 Å². The zero-order valence-corrected chi connectivity index (χ0v) is 17.9. The Labute approximate surface area is 178 Å². The molecule has 0 saturated heterocycles. The van der Waals surface area contributed by atoms with E-state index in [0.717, 1.165) is 22.5 Å². The van der Waals surface area contributed by atoms with Gasteiger partial charge in [0.25, 0.3) is 5.91 Å². The molecular formula is C20H21Cl2N5O2. The van der Waals surface area contributed by atoms with Gasteiger partial charge < -0.3 is 10.6 Å². The predicted molar refractivity (Wildman–Crippen MR) is 112 cm³/mol. The molecule has 152 valence electrons. The maximum atomic E-state index is 12.6. The number of fused-ring (bicyclic) bond motifs is 1. The number of primary amides is 1. The van der Waals surface area contributed by atoms with Crippen LogP contribution in [0.1, 0.15) is 39.3 Å². The molecule has 29 heavy (non-hydrogen) atoms. The second-order valence-corrected chi connectivity index (χ2v) is 7.67. The van der Waals surface area contributed by atoms with Crippen molar-refractivity contribution in [3.8, 4) is 0 Å². The number of hydrogen-bond donors (Lipinski definition) is 1. The van der Waals surface area contributed by atoms with Gasteiger partial charge in [0.1, 0.15) is 5.56 Å². The van der Waals surface area contributed by atoms with E-state index in [-0.39, 0.29) is 11.5 Å². The summed E-state index contributed by atoms with van der Waals surface area (Å²) >= 11 is 12.3. The molecule has 9 heteroatoms. The normalized spacial score (nSPS) is 11.1. The number of rotatable bonds is 6. The molecule has 0 bridgehead atoms. The van der Waals surface area contributed by atoms with Crippen LogP contribution < -0.4 is 5.73 Å². The van der Waals surface area contributed by atoms with Gasteiger partial charge in [-0.05, 0) is 37.5 Å². The van der Waals surface area contributed by atoms with Crippen LogP contribution in [0.25, 0.3) is 5.65 Å². The lowest BCUT2D eigenvalue weighted by molar-refractivity contribution is -0.130. The predicted octanol–water partition coefficient (Wildman–Crippen LogP) is 3.34. The molecule has 3 aromatic rings. The van der Waals surface area contributed by atoms with E-state index >= 15 is 0 Å². The van der Waals surface area contributed by atoms with Crippen molar-refractivity contribution in [3.05, 3.63) is 62.5 Å². The maximum absolute atomic E-state index is 12.6. The lowest BCUT2D eigenvalue weighted by Gasteiger charge is -2.19. The molecule has 0 aliphatic rings. The number of halogens is 2. The van der Waals surface area contributed by atoms with Crippen molar-refractivity contribution in [2.24, 2.45) is 5.73 Å². The first-order valence-electron chi connectivity index (χ1n) is 9.01. The minimum atomic E-state index is -0.574. The monoisotopic (exact) mass is 433 g/mol. The number of aromatic nitrogens is 3. The summed E-state index contributed by atoms with van der Waals surface area (Å²) in [6.07, 6.45) is 2.21. The van der Waals surface area contributed by atoms with Crippen LogP contribution in [0.15, 0.2) is 24.4 Å². The number of carbonyl (C=O) groups is 2. The molecule has 1 aromatic carbocycles. The highest BCUT2D eigenvalue weighted by Crippen LogP contribution is 2.26. The molecule has 0 unspecified atom stereocenters. The number of nitrogens with zero attached hydrogens (tertiary/aromatic N) is 4. The fraction of sp³-hybridized carbons (Fsp3) is 0.300. The molecule has 2 aromatic heterocycles. The summed E-state index contributed by atoms with van der Waals surface area (Å²) < 4.78 is 1.59. The molecule has 0 aliphatic heterocycles. The van der Waals surface area contributed by atoms with Gasteiger partial charge in [0.15, 0.2) is 5.65 Å². The van der Waals surface area contributed by atoms with E-state index in [9.17, 15) is 9.59 Å². The number of benzene rings is 1. The summed E-state index contributed by atoms with van der Waals surface area (Å²) in [7, 11) is 1.73. The van der Waals surface area contributed by atoms with Crippen molar-refractivity contribution in [1.29, 1.82) is 0 Å². The fourth-order valence-corrected chi connectivity index (χ4v) is 3.66. The van der Waals surface area contributed by atoms with Crippen LogP contribution in [-0.2, 0) is 17.8 Å². The first-order valence-corrected chi connectivity index (χ1v) is 9.76. The molecule has 3 rings (SSSR count).